The predicted molar refractivity (Wildman–Crippen MR) is 66.3 cm³/mol. The highest BCUT2D eigenvalue weighted by molar-refractivity contribution is 5.39. The molecule has 1 fully saturated rings. The van der Waals surface area contributed by atoms with Crippen molar-refractivity contribution in [1.29, 1.82) is 0 Å². The molecule has 0 aromatic heterocycles. The lowest BCUT2D eigenvalue weighted by atomic mass is 10.0. The maximum atomic E-state index is 12.9. The van der Waals surface area contributed by atoms with Crippen LogP contribution in [0.25, 0.3) is 0 Å². The molecule has 0 spiro atoms. The SMILES string of the molecule is OCc1ccc(OCC2(O)CCCC2)c(C(F)(F)F)c1. The van der Waals surface area contributed by atoms with E-state index in [9.17, 15) is 18.3 Å². The van der Waals surface area contributed by atoms with Crippen LogP contribution in [0.4, 0.5) is 13.2 Å². The van der Waals surface area contributed by atoms with Crippen molar-refractivity contribution in [3.8, 4) is 5.75 Å². The second-order valence-electron chi connectivity index (χ2n) is 5.21. The van der Waals surface area contributed by atoms with Gasteiger partial charge in [0.2, 0.25) is 0 Å². The van der Waals surface area contributed by atoms with E-state index in [4.69, 9.17) is 9.84 Å². The molecule has 1 saturated carbocycles. The summed E-state index contributed by atoms with van der Waals surface area (Å²) in [6.07, 6.45) is -1.75. The number of rotatable bonds is 4. The first-order valence-electron chi connectivity index (χ1n) is 6.50. The van der Waals surface area contributed by atoms with Crippen LogP contribution in [0.1, 0.15) is 36.8 Å². The van der Waals surface area contributed by atoms with E-state index in [0.717, 1.165) is 18.9 Å². The summed E-state index contributed by atoms with van der Waals surface area (Å²) in [5, 5.41) is 19.0. The Hall–Kier alpha value is -1.27. The molecule has 0 saturated heterocycles. The molecule has 1 aliphatic rings. The normalized spacial score (nSPS) is 18.2. The fourth-order valence-corrected chi connectivity index (χ4v) is 2.41. The van der Waals surface area contributed by atoms with Gasteiger partial charge in [0.05, 0.1) is 17.8 Å². The lowest BCUT2D eigenvalue weighted by Gasteiger charge is -2.23. The Morgan fingerprint density at radius 2 is 1.85 bits per heavy atom. The fraction of sp³-hybridized carbons (Fsp3) is 0.571. The summed E-state index contributed by atoms with van der Waals surface area (Å²) in [4.78, 5) is 0. The number of ether oxygens (including phenoxy) is 1. The number of alkyl halides is 3. The summed E-state index contributed by atoms with van der Waals surface area (Å²) >= 11 is 0. The number of hydrogen-bond acceptors (Lipinski definition) is 3. The lowest BCUT2D eigenvalue weighted by Crippen LogP contribution is -2.32. The summed E-state index contributed by atoms with van der Waals surface area (Å²) in [5.74, 6) is -0.310. The van der Waals surface area contributed by atoms with Crippen LogP contribution >= 0.6 is 0 Å². The molecule has 0 radical (unpaired) electrons. The predicted octanol–water partition coefficient (Wildman–Crippen LogP) is 2.88. The van der Waals surface area contributed by atoms with Gasteiger partial charge < -0.3 is 14.9 Å². The minimum atomic E-state index is -4.56. The fourth-order valence-electron chi connectivity index (χ4n) is 2.41. The van der Waals surface area contributed by atoms with Crippen molar-refractivity contribution >= 4 is 0 Å². The quantitative estimate of drug-likeness (QED) is 0.896. The summed E-state index contributed by atoms with van der Waals surface area (Å²) < 4.78 is 44.0. The monoisotopic (exact) mass is 290 g/mol. The highest BCUT2D eigenvalue weighted by Gasteiger charge is 2.36. The van der Waals surface area contributed by atoms with Gasteiger partial charge >= 0.3 is 6.18 Å². The molecule has 112 valence electrons. The van der Waals surface area contributed by atoms with Crippen molar-refractivity contribution < 1.29 is 28.1 Å². The maximum absolute atomic E-state index is 12.9. The highest BCUT2D eigenvalue weighted by atomic mass is 19.4. The maximum Gasteiger partial charge on any atom is 0.419 e. The molecule has 0 amide bonds. The second kappa shape index (κ2) is 5.61. The molecule has 1 aliphatic carbocycles. The Kier molecular flexibility index (Phi) is 4.25. The molecular weight excluding hydrogens is 273 g/mol. The average Bonchev–Trinajstić information content (AvgIpc) is 2.82. The minimum Gasteiger partial charge on any atom is -0.490 e. The van der Waals surface area contributed by atoms with Gasteiger partial charge in [-0.1, -0.05) is 18.9 Å². The van der Waals surface area contributed by atoms with Gasteiger partial charge in [0.1, 0.15) is 12.4 Å². The van der Waals surface area contributed by atoms with E-state index in [0.29, 0.717) is 12.8 Å². The molecule has 0 aliphatic heterocycles. The van der Waals surface area contributed by atoms with Crippen molar-refractivity contribution in [2.75, 3.05) is 6.61 Å². The van der Waals surface area contributed by atoms with Crippen molar-refractivity contribution in [2.45, 2.75) is 44.1 Å². The van der Waals surface area contributed by atoms with Gasteiger partial charge in [-0.3, -0.25) is 0 Å². The Bertz CT molecular complexity index is 465. The molecule has 0 unspecified atom stereocenters. The van der Waals surface area contributed by atoms with E-state index in [-0.39, 0.29) is 17.9 Å². The van der Waals surface area contributed by atoms with Crippen LogP contribution in [0.5, 0.6) is 5.75 Å². The molecule has 0 bridgehead atoms. The third-order valence-electron chi connectivity index (χ3n) is 3.56. The van der Waals surface area contributed by atoms with Crippen LogP contribution in [0.15, 0.2) is 18.2 Å². The van der Waals surface area contributed by atoms with Gasteiger partial charge in [0.15, 0.2) is 0 Å². The van der Waals surface area contributed by atoms with E-state index in [2.05, 4.69) is 0 Å². The molecule has 1 aromatic rings. The van der Waals surface area contributed by atoms with Crippen LogP contribution < -0.4 is 4.74 Å². The zero-order valence-electron chi connectivity index (χ0n) is 10.9. The van der Waals surface area contributed by atoms with Crippen molar-refractivity contribution in [3.05, 3.63) is 29.3 Å². The third-order valence-corrected chi connectivity index (χ3v) is 3.56. The van der Waals surface area contributed by atoms with E-state index in [1.165, 1.54) is 12.1 Å². The van der Waals surface area contributed by atoms with Gasteiger partial charge in [-0.15, -0.1) is 0 Å². The molecular formula is C14H17F3O3. The molecule has 0 heterocycles. The largest absolute Gasteiger partial charge is 0.490 e. The number of aliphatic hydroxyl groups excluding tert-OH is 1. The molecule has 2 N–H and O–H groups in total. The zero-order valence-corrected chi connectivity index (χ0v) is 10.9. The Morgan fingerprint density at radius 1 is 1.20 bits per heavy atom. The molecule has 0 atom stereocenters. The van der Waals surface area contributed by atoms with Gasteiger partial charge in [0.25, 0.3) is 0 Å². The number of hydrogen-bond donors (Lipinski definition) is 2. The smallest absolute Gasteiger partial charge is 0.419 e. The standard InChI is InChI=1S/C14H17F3O3/c15-14(16,17)11-7-10(8-18)3-4-12(11)20-9-13(19)5-1-2-6-13/h3-4,7,18-19H,1-2,5-6,8-9H2. The Balaban J connectivity index is 2.18. The first-order valence-corrected chi connectivity index (χ1v) is 6.50. The first-order chi connectivity index (χ1) is 9.34. The van der Waals surface area contributed by atoms with E-state index in [1.807, 2.05) is 0 Å². The van der Waals surface area contributed by atoms with E-state index in [1.54, 1.807) is 0 Å². The van der Waals surface area contributed by atoms with Gasteiger partial charge in [-0.05, 0) is 30.5 Å². The molecule has 2 rings (SSSR count). The lowest BCUT2D eigenvalue weighted by molar-refractivity contribution is -0.139. The first kappa shape index (κ1) is 15.1. The van der Waals surface area contributed by atoms with Crippen LogP contribution in [0.2, 0.25) is 0 Å². The summed E-state index contributed by atoms with van der Waals surface area (Å²) in [6, 6.07) is 3.43. The van der Waals surface area contributed by atoms with Crippen LogP contribution in [0.3, 0.4) is 0 Å². The van der Waals surface area contributed by atoms with Gasteiger partial charge in [0, 0.05) is 0 Å². The number of aliphatic hydroxyl groups is 2. The van der Waals surface area contributed by atoms with E-state index < -0.39 is 23.9 Å². The molecule has 3 nitrogen and oxygen atoms in total. The molecule has 20 heavy (non-hydrogen) atoms. The van der Waals surface area contributed by atoms with Gasteiger partial charge in [-0.2, -0.15) is 13.2 Å². The summed E-state index contributed by atoms with van der Waals surface area (Å²) in [7, 11) is 0. The average molecular weight is 290 g/mol. The number of benzene rings is 1. The van der Waals surface area contributed by atoms with Crippen molar-refractivity contribution in [2.24, 2.45) is 0 Å². The van der Waals surface area contributed by atoms with Crippen molar-refractivity contribution in [1.82, 2.24) is 0 Å². The van der Waals surface area contributed by atoms with E-state index >= 15 is 0 Å². The Morgan fingerprint density at radius 3 is 2.40 bits per heavy atom. The zero-order chi connectivity index (χ0) is 14.8. The summed E-state index contributed by atoms with van der Waals surface area (Å²) in [5.41, 5.74) is -1.78. The summed E-state index contributed by atoms with van der Waals surface area (Å²) in [6.45, 7) is -0.609. The third kappa shape index (κ3) is 3.43. The van der Waals surface area contributed by atoms with Crippen LogP contribution in [-0.4, -0.2) is 22.4 Å². The minimum absolute atomic E-state index is 0.144. The Labute approximate surface area is 115 Å². The number of halogens is 3. The van der Waals surface area contributed by atoms with Crippen molar-refractivity contribution in [3.63, 3.8) is 0 Å². The molecule has 6 heteroatoms. The van der Waals surface area contributed by atoms with Crippen LogP contribution in [0, 0.1) is 0 Å². The second-order valence-corrected chi connectivity index (χ2v) is 5.21. The van der Waals surface area contributed by atoms with Gasteiger partial charge in [-0.25, -0.2) is 0 Å². The van der Waals surface area contributed by atoms with Crippen LogP contribution in [-0.2, 0) is 12.8 Å². The topological polar surface area (TPSA) is 49.7 Å². The molecule has 1 aromatic carbocycles. The highest BCUT2D eigenvalue weighted by Crippen LogP contribution is 2.38.